The quantitative estimate of drug-likeness (QED) is 0.927. The molecule has 0 bridgehead atoms. The highest BCUT2D eigenvalue weighted by Gasteiger charge is 2.22. The number of aromatic nitrogens is 1. The number of pyridine rings is 1. The molecular formula is C13H14FN3O2S. The number of benzene rings is 1. The van der Waals surface area contributed by atoms with Crippen molar-refractivity contribution in [2.45, 2.75) is 11.6 Å². The largest absolute Gasteiger partial charge is 0.326 e. The van der Waals surface area contributed by atoms with Gasteiger partial charge in [-0.1, -0.05) is 6.07 Å². The third-order valence-electron chi connectivity index (χ3n) is 2.85. The van der Waals surface area contributed by atoms with Crippen molar-refractivity contribution in [1.29, 1.82) is 0 Å². The lowest BCUT2D eigenvalue weighted by molar-refractivity contribution is 0.590. The SMILES string of the molecule is CN(c1ccc(F)cc1)S(=O)(=O)c1ccc(CN)cn1. The lowest BCUT2D eigenvalue weighted by Crippen LogP contribution is -2.27. The van der Waals surface area contributed by atoms with Gasteiger partial charge in [-0.3, -0.25) is 4.31 Å². The summed E-state index contributed by atoms with van der Waals surface area (Å²) < 4.78 is 38.6. The molecule has 20 heavy (non-hydrogen) atoms. The van der Waals surface area contributed by atoms with Gasteiger partial charge in [-0.25, -0.2) is 9.37 Å². The van der Waals surface area contributed by atoms with Crippen molar-refractivity contribution in [2.24, 2.45) is 5.73 Å². The molecule has 5 nitrogen and oxygen atoms in total. The monoisotopic (exact) mass is 295 g/mol. The molecule has 7 heteroatoms. The Morgan fingerprint density at radius 3 is 2.35 bits per heavy atom. The standard InChI is InChI=1S/C13H14FN3O2S/c1-17(12-5-3-11(14)4-6-12)20(18,19)13-7-2-10(8-15)9-16-13/h2-7,9H,8,15H2,1H3. The fraction of sp³-hybridized carbons (Fsp3) is 0.154. The maximum absolute atomic E-state index is 12.9. The number of anilines is 1. The maximum atomic E-state index is 12.9. The third kappa shape index (κ3) is 2.78. The lowest BCUT2D eigenvalue weighted by Gasteiger charge is -2.18. The maximum Gasteiger partial charge on any atom is 0.281 e. The number of hydrogen-bond donors (Lipinski definition) is 1. The van der Waals surface area contributed by atoms with Crippen LogP contribution < -0.4 is 10.0 Å². The number of sulfonamides is 1. The average Bonchev–Trinajstić information content (AvgIpc) is 2.47. The van der Waals surface area contributed by atoms with Crippen molar-refractivity contribution in [3.05, 3.63) is 54.0 Å². The zero-order valence-corrected chi connectivity index (χ0v) is 11.6. The number of rotatable bonds is 4. The molecule has 0 aliphatic rings. The molecular weight excluding hydrogens is 281 g/mol. The minimum absolute atomic E-state index is 0.0819. The van der Waals surface area contributed by atoms with Crippen molar-refractivity contribution in [3.8, 4) is 0 Å². The highest BCUT2D eigenvalue weighted by molar-refractivity contribution is 7.92. The van der Waals surface area contributed by atoms with E-state index in [0.717, 1.165) is 9.87 Å². The van der Waals surface area contributed by atoms with Crippen LogP contribution in [0.4, 0.5) is 10.1 Å². The number of nitrogens with zero attached hydrogens (tertiary/aromatic N) is 2. The van der Waals surface area contributed by atoms with Crippen LogP contribution in [0, 0.1) is 5.82 Å². The van der Waals surface area contributed by atoms with Crippen LogP contribution in [-0.4, -0.2) is 20.4 Å². The van der Waals surface area contributed by atoms with E-state index in [1.807, 2.05) is 0 Å². The molecule has 1 aromatic carbocycles. The van der Waals surface area contributed by atoms with Crippen molar-refractivity contribution in [2.75, 3.05) is 11.4 Å². The Morgan fingerprint density at radius 2 is 1.85 bits per heavy atom. The first-order valence-corrected chi connectivity index (χ1v) is 7.28. The van der Waals surface area contributed by atoms with Gasteiger partial charge >= 0.3 is 0 Å². The van der Waals surface area contributed by atoms with Gasteiger partial charge in [0.1, 0.15) is 5.82 Å². The van der Waals surface area contributed by atoms with E-state index in [1.54, 1.807) is 6.07 Å². The molecule has 0 aliphatic carbocycles. The first kappa shape index (κ1) is 14.4. The summed E-state index contributed by atoms with van der Waals surface area (Å²) in [6, 6.07) is 8.19. The predicted molar refractivity (Wildman–Crippen MR) is 74.1 cm³/mol. The van der Waals surface area contributed by atoms with Crippen LogP contribution in [0.3, 0.4) is 0 Å². The van der Waals surface area contributed by atoms with Crippen LogP contribution >= 0.6 is 0 Å². The van der Waals surface area contributed by atoms with Crippen molar-refractivity contribution < 1.29 is 12.8 Å². The molecule has 0 saturated carbocycles. The normalized spacial score (nSPS) is 11.3. The molecule has 2 aromatic rings. The second-order valence-corrected chi connectivity index (χ2v) is 6.07. The van der Waals surface area contributed by atoms with Crippen LogP contribution in [0.15, 0.2) is 47.6 Å². The summed E-state index contributed by atoms with van der Waals surface area (Å²) in [7, 11) is -2.38. The van der Waals surface area contributed by atoms with Gasteiger partial charge in [-0.05, 0) is 35.9 Å². The van der Waals surface area contributed by atoms with E-state index >= 15 is 0 Å². The number of nitrogens with two attached hydrogens (primary N) is 1. The second-order valence-electron chi connectivity index (χ2n) is 4.16. The molecule has 0 spiro atoms. The molecule has 0 fully saturated rings. The fourth-order valence-corrected chi connectivity index (χ4v) is 2.72. The van der Waals surface area contributed by atoms with E-state index < -0.39 is 15.8 Å². The van der Waals surface area contributed by atoms with Crippen LogP contribution in [0.5, 0.6) is 0 Å². The van der Waals surface area contributed by atoms with E-state index in [1.165, 1.54) is 43.6 Å². The van der Waals surface area contributed by atoms with Crippen LogP contribution in [-0.2, 0) is 16.6 Å². The minimum atomic E-state index is -3.77. The first-order chi connectivity index (χ1) is 9.45. The Hall–Kier alpha value is -1.99. The van der Waals surface area contributed by atoms with Gasteiger partial charge in [-0.15, -0.1) is 0 Å². The molecule has 0 saturated heterocycles. The Morgan fingerprint density at radius 1 is 1.20 bits per heavy atom. The van der Waals surface area contributed by atoms with Gasteiger partial charge in [0.2, 0.25) is 0 Å². The summed E-state index contributed by atoms with van der Waals surface area (Å²) in [6.45, 7) is 0.293. The Balaban J connectivity index is 2.35. The zero-order valence-electron chi connectivity index (χ0n) is 10.8. The molecule has 0 aliphatic heterocycles. The molecule has 2 N–H and O–H groups in total. The highest BCUT2D eigenvalue weighted by Crippen LogP contribution is 2.21. The second kappa shape index (κ2) is 5.56. The topological polar surface area (TPSA) is 76.3 Å². The summed E-state index contributed by atoms with van der Waals surface area (Å²) in [5, 5.41) is -0.0819. The zero-order chi connectivity index (χ0) is 14.8. The Kier molecular flexibility index (Phi) is 4.01. The van der Waals surface area contributed by atoms with Gasteiger partial charge in [0.05, 0.1) is 5.69 Å². The fourth-order valence-electron chi connectivity index (χ4n) is 1.61. The average molecular weight is 295 g/mol. The van der Waals surface area contributed by atoms with E-state index in [9.17, 15) is 12.8 Å². The molecule has 106 valence electrons. The van der Waals surface area contributed by atoms with Crippen molar-refractivity contribution >= 4 is 15.7 Å². The third-order valence-corrected chi connectivity index (χ3v) is 4.55. The molecule has 0 amide bonds. The van der Waals surface area contributed by atoms with Gasteiger partial charge in [0, 0.05) is 19.8 Å². The highest BCUT2D eigenvalue weighted by atomic mass is 32.2. The summed E-state index contributed by atoms with van der Waals surface area (Å²) in [4.78, 5) is 3.90. The van der Waals surface area contributed by atoms with Crippen molar-refractivity contribution in [3.63, 3.8) is 0 Å². The smallest absolute Gasteiger partial charge is 0.281 e. The van der Waals surface area contributed by atoms with Crippen LogP contribution in [0.25, 0.3) is 0 Å². The Bertz CT molecular complexity index is 685. The predicted octanol–water partition coefficient (Wildman–Crippen LogP) is 1.50. The van der Waals surface area contributed by atoms with E-state index in [0.29, 0.717) is 12.2 Å². The lowest BCUT2D eigenvalue weighted by atomic mass is 10.3. The molecule has 2 rings (SSSR count). The van der Waals surface area contributed by atoms with E-state index in [4.69, 9.17) is 5.73 Å². The summed E-state index contributed by atoms with van der Waals surface area (Å²) in [5.41, 5.74) is 6.54. The first-order valence-electron chi connectivity index (χ1n) is 5.84. The molecule has 1 aromatic heterocycles. The summed E-state index contributed by atoms with van der Waals surface area (Å²) in [6.07, 6.45) is 1.42. The van der Waals surface area contributed by atoms with Gasteiger partial charge in [0.25, 0.3) is 10.0 Å². The van der Waals surface area contributed by atoms with Crippen molar-refractivity contribution in [1.82, 2.24) is 4.98 Å². The number of hydrogen-bond acceptors (Lipinski definition) is 4. The minimum Gasteiger partial charge on any atom is -0.326 e. The van der Waals surface area contributed by atoms with Crippen LogP contribution in [0.2, 0.25) is 0 Å². The summed E-state index contributed by atoms with van der Waals surface area (Å²) in [5.74, 6) is -0.426. The number of halogens is 1. The molecule has 0 unspecified atom stereocenters. The Labute approximate surface area is 116 Å². The van der Waals surface area contributed by atoms with Gasteiger partial charge < -0.3 is 5.73 Å². The molecule has 1 heterocycles. The van der Waals surface area contributed by atoms with E-state index in [-0.39, 0.29) is 5.03 Å². The van der Waals surface area contributed by atoms with Crippen LogP contribution in [0.1, 0.15) is 5.56 Å². The van der Waals surface area contributed by atoms with Gasteiger partial charge in [0.15, 0.2) is 5.03 Å². The molecule has 0 radical (unpaired) electrons. The van der Waals surface area contributed by atoms with Gasteiger partial charge in [-0.2, -0.15) is 8.42 Å². The molecule has 0 atom stereocenters. The van der Waals surface area contributed by atoms with E-state index in [2.05, 4.69) is 4.98 Å². The summed E-state index contributed by atoms with van der Waals surface area (Å²) >= 11 is 0.